The molecule has 1 fully saturated rings. The zero-order valence-electron chi connectivity index (χ0n) is 11.1. The van der Waals surface area contributed by atoms with E-state index in [1.807, 2.05) is 0 Å². The molecule has 1 heterocycles. The Hall–Kier alpha value is -1.17. The van der Waals surface area contributed by atoms with Crippen LogP contribution in [0.25, 0.3) is 0 Å². The van der Waals surface area contributed by atoms with Gasteiger partial charge in [-0.3, -0.25) is 4.90 Å². The van der Waals surface area contributed by atoms with Crippen LogP contribution in [0.5, 0.6) is 5.75 Å². The third kappa shape index (κ3) is 3.89. The van der Waals surface area contributed by atoms with Crippen molar-refractivity contribution in [2.45, 2.75) is 12.5 Å². The monoisotopic (exact) mass is 269 g/mol. The Bertz CT molecular complexity index is 408. The molecule has 0 bridgehead atoms. The van der Waals surface area contributed by atoms with Gasteiger partial charge in [0.2, 0.25) is 0 Å². The summed E-state index contributed by atoms with van der Waals surface area (Å²) in [6, 6.07) is 4.21. The van der Waals surface area contributed by atoms with Crippen molar-refractivity contribution in [1.29, 1.82) is 0 Å². The molecule has 1 aliphatic rings. The Morgan fingerprint density at radius 2 is 2.16 bits per heavy atom. The van der Waals surface area contributed by atoms with E-state index in [2.05, 4.69) is 4.90 Å². The summed E-state index contributed by atoms with van der Waals surface area (Å²) in [6.07, 6.45) is -0.159. The number of aliphatic hydroxyl groups is 1. The third-order valence-electron chi connectivity index (χ3n) is 3.37. The summed E-state index contributed by atoms with van der Waals surface area (Å²) in [4.78, 5) is 2.23. The number of rotatable bonds is 5. The van der Waals surface area contributed by atoms with Crippen LogP contribution in [0, 0.1) is 5.82 Å². The molecule has 0 amide bonds. The molecule has 2 rings (SSSR count). The molecule has 0 aliphatic carbocycles. The summed E-state index contributed by atoms with van der Waals surface area (Å²) in [5.41, 5.74) is 0.510. The number of nitrogens with zero attached hydrogens (tertiary/aromatic N) is 1. The van der Waals surface area contributed by atoms with Gasteiger partial charge < -0.3 is 14.6 Å². The Morgan fingerprint density at radius 3 is 2.84 bits per heavy atom. The molecule has 1 aliphatic heterocycles. The lowest BCUT2D eigenvalue weighted by molar-refractivity contribution is 0.0298. The summed E-state index contributed by atoms with van der Waals surface area (Å²) < 4.78 is 23.7. The largest absolute Gasteiger partial charge is 0.496 e. The van der Waals surface area contributed by atoms with Crippen molar-refractivity contribution in [2.24, 2.45) is 0 Å². The van der Waals surface area contributed by atoms with Crippen LogP contribution in [0.4, 0.5) is 4.39 Å². The van der Waals surface area contributed by atoms with Crippen molar-refractivity contribution in [3.05, 3.63) is 29.6 Å². The van der Waals surface area contributed by atoms with E-state index >= 15 is 0 Å². The topological polar surface area (TPSA) is 41.9 Å². The molecule has 5 heteroatoms. The Labute approximate surface area is 112 Å². The van der Waals surface area contributed by atoms with Gasteiger partial charge in [0.15, 0.2) is 0 Å². The maximum Gasteiger partial charge on any atom is 0.124 e. The summed E-state index contributed by atoms with van der Waals surface area (Å²) in [7, 11) is 1.52. The molecule has 1 atom stereocenters. The van der Waals surface area contributed by atoms with E-state index in [1.165, 1.54) is 19.2 Å². The first-order chi connectivity index (χ1) is 9.20. The molecule has 1 saturated heterocycles. The molecule has 1 aromatic carbocycles. The zero-order chi connectivity index (χ0) is 13.7. The van der Waals surface area contributed by atoms with Crippen molar-refractivity contribution in [1.82, 2.24) is 4.90 Å². The van der Waals surface area contributed by atoms with Crippen molar-refractivity contribution in [3.8, 4) is 5.75 Å². The van der Waals surface area contributed by atoms with Crippen LogP contribution in [-0.2, 0) is 4.74 Å². The number of hydrogen-bond donors (Lipinski definition) is 1. The number of ether oxygens (including phenoxy) is 2. The Balaban J connectivity index is 1.94. The number of methoxy groups -OCH3 is 1. The van der Waals surface area contributed by atoms with Gasteiger partial charge in [-0.05, 0) is 24.6 Å². The van der Waals surface area contributed by atoms with Crippen molar-refractivity contribution in [2.75, 3.05) is 40.0 Å². The minimum Gasteiger partial charge on any atom is -0.496 e. The molecule has 0 saturated carbocycles. The van der Waals surface area contributed by atoms with E-state index in [9.17, 15) is 9.50 Å². The highest BCUT2D eigenvalue weighted by molar-refractivity contribution is 5.35. The van der Waals surface area contributed by atoms with Crippen LogP contribution in [0.1, 0.15) is 18.1 Å². The van der Waals surface area contributed by atoms with Gasteiger partial charge in [-0.2, -0.15) is 0 Å². The van der Waals surface area contributed by atoms with E-state index < -0.39 is 6.10 Å². The predicted octanol–water partition coefficient (Wildman–Crippen LogP) is 1.59. The average Bonchev–Trinajstić information content (AvgIpc) is 2.46. The number of hydrogen-bond acceptors (Lipinski definition) is 4. The standard InChI is InChI=1S/C14H20FNO3/c1-18-14-3-2-11(15)10-12(14)13(17)4-5-16-6-8-19-9-7-16/h2-3,10,13,17H,4-9H2,1H3. The first-order valence-corrected chi connectivity index (χ1v) is 6.52. The third-order valence-corrected chi connectivity index (χ3v) is 3.37. The molecule has 0 aromatic heterocycles. The first kappa shape index (κ1) is 14.2. The highest BCUT2D eigenvalue weighted by Gasteiger charge is 2.17. The Kier molecular flexibility index (Phi) is 5.13. The van der Waals surface area contributed by atoms with Gasteiger partial charge in [0.05, 0.1) is 26.4 Å². The maximum absolute atomic E-state index is 13.2. The smallest absolute Gasteiger partial charge is 0.124 e. The van der Waals surface area contributed by atoms with Crippen LogP contribution in [0.15, 0.2) is 18.2 Å². The van der Waals surface area contributed by atoms with E-state index in [-0.39, 0.29) is 5.82 Å². The number of halogens is 1. The summed E-state index contributed by atoms with van der Waals surface area (Å²) in [6.45, 7) is 4.00. The van der Waals surface area contributed by atoms with Crippen LogP contribution >= 0.6 is 0 Å². The summed E-state index contributed by atoms with van der Waals surface area (Å²) in [5.74, 6) is 0.164. The number of aliphatic hydroxyl groups excluding tert-OH is 1. The minimum atomic E-state index is -0.714. The van der Waals surface area contributed by atoms with Crippen molar-refractivity contribution < 1.29 is 19.0 Å². The fourth-order valence-electron chi connectivity index (χ4n) is 2.25. The normalized spacial score (nSPS) is 18.3. The van der Waals surface area contributed by atoms with Crippen LogP contribution < -0.4 is 4.74 Å². The lowest BCUT2D eigenvalue weighted by Crippen LogP contribution is -2.37. The average molecular weight is 269 g/mol. The zero-order valence-corrected chi connectivity index (χ0v) is 11.1. The minimum absolute atomic E-state index is 0.360. The second-order valence-electron chi connectivity index (χ2n) is 4.64. The van der Waals surface area contributed by atoms with Gasteiger partial charge in [0, 0.05) is 25.2 Å². The molecule has 1 N–H and O–H groups in total. The van der Waals surface area contributed by atoms with Gasteiger partial charge in [-0.1, -0.05) is 0 Å². The highest BCUT2D eigenvalue weighted by atomic mass is 19.1. The van der Waals surface area contributed by atoms with Crippen LogP contribution in [-0.4, -0.2) is 50.0 Å². The second kappa shape index (κ2) is 6.84. The fourth-order valence-corrected chi connectivity index (χ4v) is 2.25. The fraction of sp³-hybridized carbons (Fsp3) is 0.571. The first-order valence-electron chi connectivity index (χ1n) is 6.52. The van der Waals surface area contributed by atoms with Gasteiger partial charge >= 0.3 is 0 Å². The van der Waals surface area contributed by atoms with Gasteiger partial charge in [0.25, 0.3) is 0 Å². The number of benzene rings is 1. The molecule has 0 radical (unpaired) electrons. The molecule has 1 unspecified atom stereocenters. The van der Waals surface area contributed by atoms with Crippen LogP contribution in [0.2, 0.25) is 0 Å². The molecule has 1 aromatic rings. The van der Waals surface area contributed by atoms with Gasteiger partial charge in [-0.25, -0.2) is 4.39 Å². The van der Waals surface area contributed by atoms with Crippen molar-refractivity contribution in [3.63, 3.8) is 0 Å². The lowest BCUT2D eigenvalue weighted by Gasteiger charge is -2.27. The summed E-state index contributed by atoms with van der Waals surface area (Å²) >= 11 is 0. The highest BCUT2D eigenvalue weighted by Crippen LogP contribution is 2.28. The quantitative estimate of drug-likeness (QED) is 0.881. The molecule has 4 nitrogen and oxygen atoms in total. The lowest BCUT2D eigenvalue weighted by atomic mass is 10.0. The van der Waals surface area contributed by atoms with E-state index in [1.54, 1.807) is 6.07 Å². The van der Waals surface area contributed by atoms with Crippen molar-refractivity contribution >= 4 is 0 Å². The molecule has 106 valence electrons. The second-order valence-corrected chi connectivity index (χ2v) is 4.64. The van der Waals surface area contributed by atoms with E-state index in [4.69, 9.17) is 9.47 Å². The number of morpholine rings is 1. The molecule has 19 heavy (non-hydrogen) atoms. The molecule has 0 spiro atoms. The molecular weight excluding hydrogens is 249 g/mol. The SMILES string of the molecule is COc1ccc(F)cc1C(O)CCN1CCOCC1. The molecular formula is C14H20FNO3. The predicted molar refractivity (Wildman–Crippen MR) is 69.8 cm³/mol. The van der Waals surface area contributed by atoms with Crippen LogP contribution in [0.3, 0.4) is 0 Å². The van der Waals surface area contributed by atoms with Gasteiger partial charge in [-0.15, -0.1) is 0 Å². The van der Waals surface area contributed by atoms with E-state index in [0.29, 0.717) is 17.7 Å². The Morgan fingerprint density at radius 1 is 1.42 bits per heavy atom. The van der Waals surface area contributed by atoms with Gasteiger partial charge in [0.1, 0.15) is 11.6 Å². The summed E-state index contributed by atoms with van der Waals surface area (Å²) in [5, 5.41) is 10.2. The maximum atomic E-state index is 13.2. The van der Waals surface area contributed by atoms with E-state index in [0.717, 1.165) is 32.8 Å².